The van der Waals surface area contributed by atoms with Crippen LogP contribution in [0.2, 0.25) is 0 Å². The van der Waals surface area contributed by atoms with Crippen LogP contribution in [0.4, 0.5) is 0 Å². The zero-order chi connectivity index (χ0) is 15.5. The Labute approximate surface area is 133 Å². The zero-order valence-corrected chi connectivity index (χ0v) is 12.8. The van der Waals surface area contributed by atoms with E-state index in [1.54, 1.807) is 12.1 Å². The van der Waals surface area contributed by atoms with Crippen LogP contribution in [0.5, 0.6) is 0 Å². The second-order valence-electron chi connectivity index (χ2n) is 4.84. The van der Waals surface area contributed by atoms with Gasteiger partial charge in [0, 0.05) is 11.1 Å². The Bertz CT molecular complexity index is 812. The molecule has 4 nitrogen and oxygen atoms in total. The maximum Gasteiger partial charge on any atom is 0.195 e. The number of rotatable bonds is 4. The number of hydrogen-bond acceptors (Lipinski definition) is 3. The second-order valence-corrected chi connectivity index (χ2v) is 5.11. The molecule has 0 spiro atoms. The molecule has 0 aliphatic carbocycles. The Morgan fingerprint density at radius 2 is 1.73 bits per heavy atom. The number of carbonyl (C=O) groups is 1. The van der Waals surface area contributed by atoms with Crippen molar-refractivity contribution in [1.29, 1.82) is 0 Å². The largest absolute Gasteiger partial charge is 0.289 e. The third-order valence-electron chi connectivity index (χ3n) is 3.44. The van der Waals surface area contributed by atoms with Crippen LogP contribution in [0.1, 0.15) is 27.6 Å². The van der Waals surface area contributed by atoms with Crippen molar-refractivity contribution in [2.45, 2.75) is 12.8 Å². The molecular weight excluding hydrogens is 298 g/mol. The van der Waals surface area contributed by atoms with Crippen molar-refractivity contribution < 1.29 is 4.79 Å². The van der Waals surface area contributed by atoms with Crippen LogP contribution in [0.15, 0.2) is 54.6 Å². The number of para-hydroxylation sites is 1. The van der Waals surface area contributed by atoms with Crippen LogP contribution in [0.3, 0.4) is 0 Å². The van der Waals surface area contributed by atoms with E-state index in [1.807, 2.05) is 54.0 Å². The summed E-state index contributed by atoms with van der Waals surface area (Å²) < 4.78 is 1.82. The number of hydrogen-bond donors (Lipinski definition) is 0. The van der Waals surface area contributed by atoms with E-state index >= 15 is 0 Å². The number of aryl methyl sites for hydroxylation is 1. The van der Waals surface area contributed by atoms with Crippen LogP contribution < -0.4 is 0 Å². The number of aromatic nitrogens is 3. The highest BCUT2D eigenvalue weighted by Crippen LogP contribution is 2.21. The second kappa shape index (κ2) is 6.12. The van der Waals surface area contributed by atoms with Gasteiger partial charge in [0.2, 0.25) is 0 Å². The van der Waals surface area contributed by atoms with Crippen LogP contribution >= 0.6 is 11.6 Å². The molecule has 1 aromatic heterocycles. The van der Waals surface area contributed by atoms with Gasteiger partial charge in [0.05, 0.1) is 11.6 Å². The van der Waals surface area contributed by atoms with Gasteiger partial charge in [-0.2, -0.15) is 0 Å². The Morgan fingerprint density at radius 3 is 2.45 bits per heavy atom. The van der Waals surface area contributed by atoms with Gasteiger partial charge in [-0.15, -0.1) is 21.8 Å². The predicted octanol–water partition coefficient (Wildman–Crippen LogP) is 3.55. The average Bonchev–Trinajstić information content (AvgIpc) is 2.95. The van der Waals surface area contributed by atoms with Crippen molar-refractivity contribution in [3.8, 4) is 5.69 Å². The van der Waals surface area contributed by atoms with E-state index in [4.69, 9.17) is 11.6 Å². The molecule has 22 heavy (non-hydrogen) atoms. The molecule has 5 heteroatoms. The Kier molecular flexibility index (Phi) is 4.02. The molecule has 0 unspecified atom stereocenters. The summed E-state index contributed by atoms with van der Waals surface area (Å²) in [6.07, 6.45) is 0. The molecular formula is C17H14ClN3O. The van der Waals surface area contributed by atoms with E-state index < -0.39 is 0 Å². The molecule has 0 atom stereocenters. The lowest BCUT2D eigenvalue weighted by atomic mass is 10.0. The van der Waals surface area contributed by atoms with E-state index in [1.165, 1.54) is 0 Å². The van der Waals surface area contributed by atoms with Gasteiger partial charge in [-0.25, -0.2) is 0 Å². The van der Waals surface area contributed by atoms with Gasteiger partial charge in [0.25, 0.3) is 0 Å². The molecule has 0 aliphatic heterocycles. The molecule has 3 aromatic rings. The van der Waals surface area contributed by atoms with Crippen molar-refractivity contribution in [3.05, 3.63) is 77.4 Å². The van der Waals surface area contributed by atoms with Crippen LogP contribution in [-0.2, 0) is 5.88 Å². The molecule has 110 valence electrons. The minimum absolute atomic E-state index is 0.0372. The third kappa shape index (κ3) is 2.53. The minimum atomic E-state index is -0.0372. The van der Waals surface area contributed by atoms with Crippen LogP contribution in [-0.4, -0.2) is 20.5 Å². The van der Waals surface area contributed by atoms with E-state index in [9.17, 15) is 4.79 Å². The maximum atomic E-state index is 12.8. The summed E-state index contributed by atoms with van der Waals surface area (Å²) in [4.78, 5) is 12.8. The first-order valence-electron chi connectivity index (χ1n) is 6.88. The standard InChI is InChI=1S/C17H14ClN3O/c1-12-19-20-16(11-18)21(12)15-10-6-5-9-14(15)17(22)13-7-3-2-4-8-13/h2-10H,11H2,1H3. The molecule has 0 N–H and O–H groups in total. The summed E-state index contributed by atoms with van der Waals surface area (Å²) >= 11 is 5.94. The van der Waals surface area contributed by atoms with E-state index in [0.717, 1.165) is 5.69 Å². The predicted molar refractivity (Wildman–Crippen MR) is 85.5 cm³/mol. The number of halogens is 1. The molecule has 0 saturated carbocycles. The minimum Gasteiger partial charge on any atom is -0.289 e. The van der Waals surface area contributed by atoms with Crippen molar-refractivity contribution in [3.63, 3.8) is 0 Å². The fraction of sp³-hybridized carbons (Fsp3) is 0.118. The summed E-state index contributed by atoms with van der Waals surface area (Å²) in [5.41, 5.74) is 1.99. The third-order valence-corrected chi connectivity index (χ3v) is 3.68. The Hall–Kier alpha value is -2.46. The summed E-state index contributed by atoms with van der Waals surface area (Å²) in [5, 5.41) is 8.11. The summed E-state index contributed by atoms with van der Waals surface area (Å²) in [5.74, 6) is 1.51. The highest BCUT2D eigenvalue weighted by atomic mass is 35.5. The highest BCUT2D eigenvalue weighted by Gasteiger charge is 2.18. The van der Waals surface area contributed by atoms with Gasteiger partial charge in [-0.1, -0.05) is 42.5 Å². The number of carbonyl (C=O) groups excluding carboxylic acids is 1. The average molecular weight is 312 g/mol. The van der Waals surface area contributed by atoms with Gasteiger partial charge in [-0.3, -0.25) is 9.36 Å². The van der Waals surface area contributed by atoms with Crippen molar-refractivity contribution in [2.24, 2.45) is 0 Å². The molecule has 0 bridgehead atoms. The molecule has 0 aliphatic rings. The van der Waals surface area contributed by atoms with Gasteiger partial charge in [0.15, 0.2) is 11.6 Å². The normalized spacial score (nSPS) is 10.6. The highest BCUT2D eigenvalue weighted by molar-refractivity contribution is 6.16. The lowest BCUT2D eigenvalue weighted by Gasteiger charge is -2.12. The number of benzene rings is 2. The van der Waals surface area contributed by atoms with Crippen LogP contribution in [0.25, 0.3) is 5.69 Å². The molecule has 2 aromatic carbocycles. The smallest absolute Gasteiger partial charge is 0.195 e. The first-order chi connectivity index (χ1) is 10.7. The number of ketones is 1. The van der Waals surface area contributed by atoms with E-state index in [-0.39, 0.29) is 11.7 Å². The van der Waals surface area contributed by atoms with Crippen LogP contribution in [0, 0.1) is 6.92 Å². The topological polar surface area (TPSA) is 47.8 Å². The van der Waals surface area contributed by atoms with Crippen molar-refractivity contribution in [1.82, 2.24) is 14.8 Å². The lowest BCUT2D eigenvalue weighted by Crippen LogP contribution is -2.10. The van der Waals surface area contributed by atoms with Crippen molar-refractivity contribution >= 4 is 17.4 Å². The van der Waals surface area contributed by atoms with Crippen molar-refractivity contribution in [2.75, 3.05) is 0 Å². The van der Waals surface area contributed by atoms with E-state index in [2.05, 4.69) is 10.2 Å². The van der Waals surface area contributed by atoms with Gasteiger partial charge >= 0.3 is 0 Å². The monoisotopic (exact) mass is 311 g/mol. The van der Waals surface area contributed by atoms with E-state index in [0.29, 0.717) is 22.8 Å². The first-order valence-corrected chi connectivity index (χ1v) is 7.42. The number of alkyl halides is 1. The zero-order valence-electron chi connectivity index (χ0n) is 12.0. The van der Waals surface area contributed by atoms with Gasteiger partial charge < -0.3 is 0 Å². The summed E-state index contributed by atoms with van der Waals surface area (Å²) in [6.45, 7) is 1.84. The number of nitrogens with zero attached hydrogens (tertiary/aromatic N) is 3. The fourth-order valence-electron chi connectivity index (χ4n) is 2.41. The first kappa shape index (κ1) is 14.5. The Morgan fingerprint density at radius 1 is 1.05 bits per heavy atom. The molecule has 0 fully saturated rings. The van der Waals surface area contributed by atoms with Gasteiger partial charge in [-0.05, 0) is 19.1 Å². The fourth-order valence-corrected chi connectivity index (χ4v) is 2.58. The van der Waals surface area contributed by atoms with Gasteiger partial charge in [0.1, 0.15) is 5.82 Å². The maximum absolute atomic E-state index is 12.8. The molecule has 0 radical (unpaired) electrons. The summed E-state index contributed by atoms with van der Waals surface area (Å²) in [7, 11) is 0. The SMILES string of the molecule is Cc1nnc(CCl)n1-c1ccccc1C(=O)c1ccccc1. The quantitative estimate of drug-likeness (QED) is 0.547. The molecule has 3 rings (SSSR count). The molecule has 0 amide bonds. The molecule has 0 saturated heterocycles. The summed E-state index contributed by atoms with van der Waals surface area (Å²) in [6, 6.07) is 16.6. The molecule has 1 heterocycles. The Balaban J connectivity index is 2.15. The lowest BCUT2D eigenvalue weighted by molar-refractivity contribution is 0.103.